The molecule has 0 atom stereocenters. The minimum absolute atomic E-state index is 0.0194. The summed E-state index contributed by atoms with van der Waals surface area (Å²) in [5, 5.41) is 15.9. The van der Waals surface area contributed by atoms with Gasteiger partial charge in [0, 0.05) is 19.0 Å². The van der Waals surface area contributed by atoms with Crippen LogP contribution in [0.15, 0.2) is 0 Å². The number of nitrogens with one attached hydrogen (secondary N) is 1. The van der Waals surface area contributed by atoms with Crippen LogP contribution in [0, 0.1) is 0 Å². The molecule has 19 heavy (non-hydrogen) atoms. The van der Waals surface area contributed by atoms with Crippen molar-refractivity contribution in [3.05, 3.63) is 11.6 Å². The van der Waals surface area contributed by atoms with Crippen LogP contribution in [0.25, 0.3) is 0 Å². The van der Waals surface area contributed by atoms with Gasteiger partial charge in [-0.15, -0.1) is 5.10 Å². The number of aryl methyl sites for hydroxylation is 1. The van der Waals surface area contributed by atoms with Gasteiger partial charge in [-0.1, -0.05) is 19.8 Å². The van der Waals surface area contributed by atoms with E-state index in [1.165, 1.54) is 0 Å². The van der Waals surface area contributed by atoms with E-state index in [9.17, 15) is 4.79 Å². The Bertz CT molecular complexity index is 413. The highest BCUT2D eigenvalue weighted by atomic mass is 16.3. The number of aliphatic hydroxyl groups excluding tert-OH is 1. The van der Waals surface area contributed by atoms with Crippen molar-refractivity contribution in [1.82, 2.24) is 20.1 Å². The van der Waals surface area contributed by atoms with Crippen molar-refractivity contribution in [2.24, 2.45) is 0 Å². The van der Waals surface area contributed by atoms with Gasteiger partial charge < -0.3 is 10.0 Å². The van der Waals surface area contributed by atoms with Crippen LogP contribution in [0.4, 0.5) is 0 Å². The van der Waals surface area contributed by atoms with Crippen LogP contribution in [0.3, 0.4) is 0 Å². The highest BCUT2D eigenvalue weighted by molar-refractivity contribution is 5.90. The maximum Gasteiger partial charge on any atom is 0.293 e. The Kier molecular flexibility index (Phi) is 4.90. The number of nitrogens with zero attached hydrogens (tertiary/aromatic N) is 3. The summed E-state index contributed by atoms with van der Waals surface area (Å²) in [5.41, 5.74) is 0. The molecule has 106 valence electrons. The van der Waals surface area contributed by atoms with E-state index in [1.807, 2.05) is 0 Å². The summed E-state index contributed by atoms with van der Waals surface area (Å²) < 4.78 is 0. The van der Waals surface area contributed by atoms with Crippen molar-refractivity contribution >= 4 is 5.91 Å². The average molecular weight is 266 g/mol. The number of hydrogen-bond donors (Lipinski definition) is 2. The molecule has 1 aromatic heterocycles. The van der Waals surface area contributed by atoms with Crippen molar-refractivity contribution in [3.8, 4) is 0 Å². The first-order valence-electron chi connectivity index (χ1n) is 7.09. The first-order chi connectivity index (χ1) is 9.26. The maximum atomic E-state index is 12.4. The summed E-state index contributed by atoms with van der Waals surface area (Å²) in [6.45, 7) is 2.40. The summed E-state index contributed by atoms with van der Waals surface area (Å²) in [6, 6.07) is 0.229. The molecule has 0 aliphatic heterocycles. The predicted octanol–water partition coefficient (Wildman–Crippen LogP) is 1.13. The van der Waals surface area contributed by atoms with Gasteiger partial charge in [0.25, 0.3) is 5.91 Å². The van der Waals surface area contributed by atoms with Crippen molar-refractivity contribution in [3.63, 3.8) is 0 Å². The van der Waals surface area contributed by atoms with Gasteiger partial charge in [0.1, 0.15) is 5.82 Å². The van der Waals surface area contributed by atoms with E-state index in [2.05, 4.69) is 22.1 Å². The predicted molar refractivity (Wildman–Crippen MR) is 70.8 cm³/mol. The van der Waals surface area contributed by atoms with E-state index < -0.39 is 0 Å². The first kappa shape index (κ1) is 14.0. The quantitative estimate of drug-likeness (QED) is 0.808. The number of H-pyrrole nitrogens is 1. The van der Waals surface area contributed by atoms with Crippen LogP contribution < -0.4 is 0 Å². The SMILES string of the molecule is CCCc1nc(C(=O)N(CCO)C2CCCC2)n[nH]1. The summed E-state index contributed by atoms with van der Waals surface area (Å²) in [5.74, 6) is 0.810. The molecule has 0 spiro atoms. The van der Waals surface area contributed by atoms with Crippen molar-refractivity contribution in [1.29, 1.82) is 0 Å². The van der Waals surface area contributed by atoms with Gasteiger partial charge in [-0.25, -0.2) is 4.98 Å². The van der Waals surface area contributed by atoms with E-state index in [0.29, 0.717) is 6.54 Å². The zero-order valence-electron chi connectivity index (χ0n) is 11.4. The van der Waals surface area contributed by atoms with Crippen LogP contribution in [-0.4, -0.2) is 50.3 Å². The van der Waals surface area contributed by atoms with E-state index >= 15 is 0 Å². The fraction of sp³-hybridized carbons (Fsp3) is 0.769. The zero-order valence-corrected chi connectivity index (χ0v) is 11.4. The average Bonchev–Trinajstić information content (AvgIpc) is 3.06. The number of aliphatic hydroxyl groups is 1. The van der Waals surface area contributed by atoms with Gasteiger partial charge in [0.15, 0.2) is 0 Å². The van der Waals surface area contributed by atoms with Gasteiger partial charge in [-0.2, -0.15) is 0 Å². The largest absolute Gasteiger partial charge is 0.395 e. The molecule has 1 aliphatic rings. The molecule has 0 saturated heterocycles. The molecule has 1 heterocycles. The van der Waals surface area contributed by atoms with Crippen LogP contribution >= 0.6 is 0 Å². The number of rotatable bonds is 6. The molecule has 6 nitrogen and oxygen atoms in total. The number of carbonyl (C=O) groups excluding carboxylic acids is 1. The molecule has 1 saturated carbocycles. The number of carbonyl (C=O) groups is 1. The van der Waals surface area contributed by atoms with Crippen molar-refractivity contribution < 1.29 is 9.90 Å². The highest BCUT2D eigenvalue weighted by Gasteiger charge is 2.29. The molecule has 2 N–H and O–H groups in total. The minimum atomic E-state index is -0.167. The molecule has 2 rings (SSSR count). The lowest BCUT2D eigenvalue weighted by molar-refractivity contribution is 0.0626. The second-order valence-electron chi connectivity index (χ2n) is 5.02. The summed E-state index contributed by atoms with van der Waals surface area (Å²) >= 11 is 0. The lowest BCUT2D eigenvalue weighted by Crippen LogP contribution is -2.41. The van der Waals surface area contributed by atoms with Crippen LogP contribution in [-0.2, 0) is 6.42 Å². The molecular formula is C13H22N4O2. The lowest BCUT2D eigenvalue weighted by atomic mass is 10.2. The normalized spacial score (nSPS) is 15.9. The first-order valence-corrected chi connectivity index (χ1v) is 7.09. The Morgan fingerprint density at radius 1 is 1.47 bits per heavy atom. The highest BCUT2D eigenvalue weighted by Crippen LogP contribution is 2.24. The van der Waals surface area contributed by atoms with Crippen LogP contribution in [0.1, 0.15) is 55.5 Å². The second kappa shape index (κ2) is 6.65. The van der Waals surface area contributed by atoms with E-state index in [-0.39, 0.29) is 24.4 Å². The summed E-state index contributed by atoms with van der Waals surface area (Å²) in [7, 11) is 0. The maximum absolute atomic E-state index is 12.4. The van der Waals surface area contributed by atoms with E-state index in [1.54, 1.807) is 4.90 Å². The van der Waals surface area contributed by atoms with Crippen LogP contribution in [0.2, 0.25) is 0 Å². The molecule has 0 unspecified atom stereocenters. The second-order valence-corrected chi connectivity index (χ2v) is 5.02. The molecule has 1 amide bonds. The molecule has 0 bridgehead atoms. The number of amides is 1. The van der Waals surface area contributed by atoms with E-state index in [4.69, 9.17) is 5.11 Å². The zero-order chi connectivity index (χ0) is 13.7. The third-order valence-electron chi connectivity index (χ3n) is 3.58. The van der Waals surface area contributed by atoms with Crippen molar-refractivity contribution in [2.45, 2.75) is 51.5 Å². The Morgan fingerprint density at radius 2 is 2.21 bits per heavy atom. The molecule has 1 aromatic rings. The number of hydrogen-bond acceptors (Lipinski definition) is 4. The van der Waals surface area contributed by atoms with Crippen molar-refractivity contribution in [2.75, 3.05) is 13.2 Å². The van der Waals surface area contributed by atoms with E-state index in [0.717, 1.165) is 44.3 Å². The molecule has 1 fully saturated rings. The van der Waals surface area contributed by atoms with Gasteiger partial charge in [0.2, 0.25) is 5.82 Å². The molecule has 0 radical (unpaired) electrons. The molecule has 1 aliphatic carbocycles. The van der Waals surface area contributed by atoms with Gasteiger partial charge in [-0.3, -0.25) is 9.89 Å². The number of aromatic nitrogens is 3. The minimum Gasteiger partial charge on any atom is -0.395 e. The lowest BCUT2D eigenvalue weighted by Gasteiger charge is -2.27. The monoisotopic (exact) mass is 266 g/mol. The number of aromatic amines is 1. The topological polar surface area (TPSA) is 82.1 Å². The Balaban J connectivity index is 2.08. The summed E-state index contributed by atoms with van der Waals surface area (Å²) in [4.78, 5) is 18.4. The molecular weight excluding hydrogens is 244 g/mol. The van der Waals surface area contributed by atoms with Gasteiger partial charge >= 0.3 is 0 Å². The standard InChI is InChI=1S/C13H22N4O2/c1-2-5-11-14-12(16-15-11)13(19)17(8-9-18)10-6-3-4-7-10/h10,18H,2-9H2,1H3,(H,14,15,16). The fourth-order valence-corrected chi connectivity index (χ4v) is 2.64. The Labute approximate surface area is 113 Å². The third kappa shape index (κ3) is 3.32. The summed E-state index contributed by atoms with van der Waals surface area (Å²) in [6.07, 6.45) is 6.08. The Hall–Kier alpha value is -1.43. The molecule has 6 heteroatoms. The van der Waals surface area contributed by atoms with Gasteiger partial charge in [-0.05, 0) is 19.3 Å². The fourth-order valence-electron chi connectivity index (χ4n) is 2.64. The smallest absolute Gasteiger partial charge is 0.293 e. The third-order valence-corrected chi connectivity index (χ3v) is 3.58. The molecule has 0 aromatic carbocycles. The van der Waals surface area contributed by atoms with Crippen LogP contribution in [0.5, 0.6) is 0 Å². The Morgan fingerprint density at radius 3 is 2.84 bits per heavy atom. The van der Waals surface area contributed by atoms with Gasteiger partial charge in [0.05, 0.1) is 6.61 Å².